The summed E-state index contributed by atoms with van der Waals surface area (Å²) in [5, 5.41) is 0.913. The number of thiazole rings is 1. The van der Waals surface area contributed by atoms with Crippen LogP contribution in [0.2, 0.25) is 5.02 Å². The van der Waals surface area contributed by atoms with E-state index in [0.717, 1.165) is 28.1 Å². The molecule has 1 saturated carbocycles. The number of nitrogens with one attached hydrogen (secondary N) is 1. The Hall–Kier alpha value is -2.00. The summed E-state index contributed by atoms with van der Waals surface area (Å²) in [6, 6.07) is 11.8. The van der Waals surface area contributed by atoms with Gasteiger partial charge in [-0.25, -0.2) is 18.1 Å². The van der Waals surface area contributed by atoms with Crippen molar-refractivity contribution in [1.82, 2.24) is 14.6 Å². The minimum atomic E-state index is -3.76. The maximum Gasteiger partial charge on any atom is 0.254 e. The van der Waals surface area contributed by atoms with E-state index >= 15 is 0 Å². The minimum Gasteiger partial charge on any atom is -0.333 e. The second kappa shape index (κ2) is 7.68. The average Bonchev–Trinajstić information content (AvgIpc) is 3.39. The first kappa shape index (κ1) is 20.3. The minimum absolute atomic E-state index is 0.0443. The number of sulfonamides is 1. The highest BCUT2D eigenvalue weighted by Gasteiger charge is 2.30. The first-order valence-corrected chi connectivity index (χ1v) is 11.9. The van der Waals surface area contributed by atoms with E-state index in [4.69, 9.17) is 11.6 Å². The number of aromatic nitrogens is 1. The smallest absolute Gasteiger partial charge is 0.254 e. The van der Waals surface area contributed by atoms with Crippen LogP contribution in [0.5, 0.6) is 0 Å². The van der Waals surface area contributed by atoms with E-state index in [0.29, 0.717) is 0 Å². The number of nitrogens with zero attached hydrogens (tertiary/aromatic N) is 2. The lowest BCUT2D eigenvalue weighted by Crippen LogP contribution is -2.30. The van der Waals surface area contributed by atoms with Crippen LogP contribution < -0.4 is 4.72 Å². The third-order valence-corrected chi connectivity index (χ3v) is 8.14. The van der Waals surface area contributed by atoms with E-state index in [9.17, 15) is 13.2 Å². The second-order valence-electron chi connectivity index (χ2n) is 7.15. The summed E-state index contributed by atoms with van der Waals surface area (Å²) < 4.78 is 28.8. The molecule has 1 amide bonds. The Morgan fingerprint density at radius 2 is 2.00 bits per heavy atom. The van der Waals surface area contributed by atoms with Crippen molar-refractivity contribution in [2.45, 2.75) is 36.7 Å². The Balaban J connectivity index is 1.60. The zero-order chi connectivity index (χ0) is 20.8. The first-order valence-electron chi connectivity index (χ1n) is 9.21. The highest BCUT2D eigenvalue weighted by atomic mass is 35.5. The van der Waals surface area contributed by atoms with E-state index in [2.05, 4.69) is 9.71 Å². The number of amides is 1. The molecule has 1 N–H and O–H groups in total. The van der Waals surface area contributed by atoms with Gasteiger partial charge in [0.2, 0.25) is 10.0 Å². The molecule has 0 bridgehead atoms. The molecule has 0 spiro atoms. The van der Waals surface area contributed by atoms with E-state index in [1.54, 1.807) is 18.0 Å². The summed E-state index contributed by atoms with van der Waals surface area (Å²) >= 11 is 7.66. The SMILES string of the molecule is C[C@@H](c1nc2ccccc2s1)N(C)C(=O)c1ccc(Cl)c(S(=O)(=O)NC2CC2)c1. The van der Waals surface area contributed by atoms with Gasteiger partial charge in [-0.1, -0.05) is 23.7 Å². The number of para-hydroxylation sites is 1. The maximum absolute atomic E-state index is 13.0. The first-order chi connectivity index (χ1) is 13.8. The highest BCUT2D eigenvalue weighted by Crippen LogP contribution is 2.31. The largest absolute Gasteiger partial charge is 0.333 e. The summed E-state index contributed by atoms with van der Waals surface area (Å²) in [5.41, 5.74) is 1.16. The third kappa shape index (κ3) is 4.16. The summed E-state index contributed by atoms with van der Waals surface area (Å²) in [4.78, 5) is 19.2. The van der Waals surface area contributed by atoms with Gasteiger partial charge in [0.15, 0.2) is 0 Å². The van der Waals surface area contributed by atoms with Crippen molar-refractivity contribution >= 4 is 49.1 Å². The summed E-state index contributed by atoms with van der Waals surface area (Å²) in [6.45, 7) is 1.90. The molecular formula is C20H20ClN3O3S2. The van der Waals surface area contributed by atoms with Gasteiger partial charge in [0, 0.05) is 18.7 Å². The average molecular weight is 450 g/mol. The highest BCUT2D eigenvalue weighted by molar-refractivity contribution is 7.89. The van der Waals surface area contributed by atoms with Crippen LogP contribution in [0.1, 0.15) is 41.2 Å². The Bertz CT molecular complexity index is 1160. The topological polar surface area (TPSA) is 79.4 Å². The molecule has 152 valence electrons. The molecule has 2 aromatic carbocycles. The van der Waals surface area contributed by atoms with Gasteiger partial charge >= 0.3 is 0 Å². The molecule has 1 aromatic heterocycles. The van der Waals surface area contributed by atoms with Crippen LogP contribution in [0.15, 0.2) is 47.4 Å². The predicted molar refractivity (Wildman–Crippen MR) is 115 cm³/mol. The molecule has 0 aliphatic heterocycles. The predicted octanol–water partition coefficient (Wildman–Crippen LogP) is 4.22. The Morgan fingerprint density at radius 1 is 1.28 bits per heavy atom. The van der Waals surface area contributed by atoms with Crippen molar-refractivity contribution in [2.24, 2.45) is 0 Å². The molecule has 3 aromatic rings. The molecule has 1 atom stereocenters. The maximum atomic E-state index is 13.0. The normalized spacial score (nSPS) is 15.4. The number of hydrogen-bond acceptors (Lipinski definition) is 5. The van der Waals surface area contributed by atoms with Crippen LogP contribution >= 0.6 is 22.9 Å². The van der Waals surface area contributed by atoms with E-state index < -0.39 is 10.0 Å². The lowest BCUT2D eigenvalue weighted by molar-refractivity contribution is 0.0742. The number of hydrogen-bond donors (Lipinski definition) is 1. The van der Waals surface area contributed by atoms with Crippen LogP contribution in [0.3, 0.4) is 0 Å². The zero-order valence-electron chi connectivity index (χ0n) is 15.9. The molecule has 1 heterocycles. The van der Waals surface area contributed by atoms with Gasteiger partial charge in [-0.3, -0.25) is 4.79 Å². The molecule has 29 heavy (non-hydrogen) atoms. The van der Waals surface area contributed by atoms with Crippen molar-refractivity contribution in [3.8, 4) is 0 Å². The van der Waals surface area contributed by atoms with Crippen molar-refractivity contribution < 1.29 is 13.2 Å². The molecule has 0 radical (unpaired) electrons. The molecule has 6 nitrogen and oxygen atoms in total. The molecular weight excluding hydrogens is 430 g/mol. The van der Waals surface area contributed by atoms with E-state index in [1.807, 2.05) is 31.2 Å². The fourth-order valence-electron chi connectivity index (χ4n) is 2.94. The van der Waals surface area contributed by atoms with Crippen molar-refractivity contribution in [1.29, 1.82) is 0 Å². The molecule has 1 aliphatic rings. The Morgan fingerprint density at radius 3 is 2.69 bits per heavy atom. The monoisotopic (exact) mass is 449 g/mol. The van der Waals surface area contributed by atoms with Crippen molar-refractivity contribution in [2.75, 3.05) is 7.05 Å². The van der Waals surface area contributed by atoms with Crippen molar-refractivity contribution in [3.63, 3.8) is 0 Å². The van der Waals surface area contributed by atoms with Gasteiger partial charge in [0.25, 0.3) is 5.91 Å². The van der Waals surface area contributed by atoms with Gasteiger partial charge < -0.3 is 4.90 Å². The number of carbonyl (C=O) groups excluding carboxylic acids is 1. The number of halogens is 1. The number of benzene rings is 2. The van der Waals surface area contributed by atoms with E-state index in [-0.39, 0.29) is 33.5 Å². The van der Waals surface area contributed by atoms with Gasteiger partial charge in [0.05, 0.1) is 21.3 Å². The Labute approximate surface area is 178 Å². The molecule has 1 fully saturated rings. The third-order valence-electron chi connectivity index (χ3n) is 4.94. The summed E-state index contributed by atoms with van der Waals surface area (Å²) in [5.74, 6) is -0.295. The molecule has 0 saturated heterocycles. The zero-order valence-corrected chi connectivity index (χ0v) is 18.3. The number of carbonyl (C=O) groups is 1. The van der Waals surface area contributed by atoms with Gasteiger partial charge in [-0.05, 0) is 50.1 Å². The van der Waals surface area contributed by atoms with Gasteiger partial charge in [-0.15, -0.1) is 11.3 Å². The fourth-order valence-corrected chi connectivity index (χ4v) is 5.83. The van der Waals surface area contributed by atoms with Crippen LogP contribution in [0.4, 0.5) is 0 Å². The number of rotatable bonds is 6. The summed E-state index contributed by atoms with van der Waals surface area (Å²) in [6.07, 6.45) is 1.63. The Kier molecular flexibility index (Phi) is 5.37. The second-order valence-corrected chi connectivity index (χ2v) is 10.3. The molecule has 1 aliphatic carbocycles. The number of fused-ring (bicyclic) bond motifs is 1. The standard InChI is InChI=1S/C20H20ClN3O3S2/c1-12(19-22-16-5-3-4-6-17(16)28-19)24(2)20(25)13-7-10-15(21)18(11-13)29(26,27)23-14-8-9-14/h3-7,10-12,14,23H,8-9H2,1-2H3/t12-/m0/s1. The van der Waals surface area contributed by atoms with Gasteiger partial charge in [0.1, 0.15) is 9.90 Å². The lowest BCUT2D eigenvalue weighted by Gasteiger charge is -2.23. The van der Waals surface area contributed by atoms with Crippen LogP contribution in [0, 0.1) is 0 Å². The molecule has 4 rings (SSSR count). The lowest BCUT2D eigenvalue weighted by atomic mass is 10.2. The van der Waals surface area contributed by atoms with Crippen LogP contribution in [0.25, 0.3) is 10.2 Å². The molecule has 9 heteroatoms. The van der Waals surface area contributed by atoms with E-state index in [1.165, 1.54) is 23.5 Å². The summed E-state index contributed by atoms with van der Waals surface area (Å²) in [7, 11) is -2.08. The fraction of sp³-hybridized carbons (Fsp3) is 0.300. The van der Waals surface area contributed by atoms with Crippen LogP contribution in [-0.4, -0.2) is 37.3 Å². The van der Waals surface area contributed by atoms with Gasteiger partial charge in [-0.2, -0.15) is 0 Å². The van der Waals surface area contributed by atoms with Crippen molar-refractivity contribution in [3.05, 3.63) is 58.1 Å². The van der Waals surface area contributed by atoms with Crippen LogP contribution in [-0.2, 0) is 10.0 Å². The quantitative estimate of drug-likeness (QED) is 0.610. The molecule has 0 unspecified atom stereocenters.